The van der Waals surface area contributed by atoms with Crippen LogP contribution >= 0.6 is 0 Å². The second-order valence-corrected chi connectivity index (χ2v) is 6.87. The second kappa shape index (κ2) is 8.30. The maximum atomic E-state index is 11.7. The van der Waals surface area contributed by atoms with Crippen molar-refractivity contribution in [3.63, 3.8) is 0 Å². The molecule has 1 saturated heterocycles. The highest BCUT2D eigenvalue weighted by Crippen LogP contribution is 2.11. The lowest BCUT2D eigenvalue weighted by Gasteiger charge is -2.24. The number of sulfonamides is 1. The predicted molar refractivity (Wildman–Crippen MR) is 81.0 cm³/mol. The zero-order valence-corrected chi connectivity index (χ0v) is 13.5. The molecule has 22 heavy (non-hydrogen) atoms. The Kier molecular flexibility index (Phi) is 7.04. The molecule has 0 amide bonds. The smallest absolute Gasteiger partial charge is 0.497 e. The maximum absolute atomic E-state index is 11.7. The van der Waals surface area contributed by atoms with Gasteiger partial charge in [0.2, 0.25) is 10.0 Å². The molecule has 8 nitrogen and oxygen atoms in total. The van der Waals surface area contributed by atoms with Gasteiger partial charge in [-0.15, -0.1) is 0 Å². The average molecular weight is 332 g/mol. The highest BCUT2D eigenvalue weighted by Gasteiger charge is 2.44. The van der Waals surface area contributed by atoms with E-state index < -0.39 is 34.2 Å². The molecule has 10 heteroatoms. The molecule has 0 spiro atoms. The number of rotatable bonds is 6. The number of hydrogen-bond donors (Lipinski definition) is 1. The van der Waals surface area contributed by atoms with Crippen LogP contribution in [0.4, 0.5) is 0 Å². The predicted octanol–water partition coefficient (Wildman–Crippen LogP) is -0.551. The van der Waals surface area contributed by atoms with Crippen LogP contribution in [0.3, 0.4) is 0 Å². The fourth-order valence-electron chi connectivity index (χ4n) is 1.90. The first-order valence-corrected chi connectivity index (χ1v) is 8.60. The lowest BCUT2D eigenvalue weighted by Crippen LogP contribution is -2.51. The zero-order valence-electron chi connectivity index (χ0n) is 12.7. The Hall–Kier alpha value is -1.39. The quantitative estimate of drug-likeness (QED) is 0.394. The summed E-state index contributed by atoms with van der Waals surface area (Å²) < 4.78 is 33.3. The summed E-state index contributed by atoms with van der Waals surface area (Å²) in [6.45, 7) is 1.73. The van der Waals surface area contributed by atoms with Crippen molar-refractivity contribution in [2.24, 2.45) is 5.14 Å². The van der Waals surface area contributed by atoms with Gasteiger partial charge in [0.25, 0.3) is 0 Å². The van der Waals surface area contributed by atoms with Gasteiger partial charge < -0.3 is 9.31 Å². The van der Waals surface area contributed by atoms with Crippen molar-refractivity contribution in [1.82, 2.24) is 4.90 Å². The standard InChI is InChI=1S/C12H21BN2O6S/c1-3-4-5-6-7-10(22(14,18)19)13-20-11(16)8-15(2)9-12(17)21-13/h6-7,10H,3-5,8-9H2,1-2H3,(H2,14,18,19)/b7-6+. The van der Waals surface area contributed by atoms with Crippen LogP contribution in [0.5, 0.6) is 0 Å². The Morgan fingerprint density at radius 1 is 1.32 bits per heavy atom. The molecule has 1 heterocycles. The summed E-state index contributed by atoms with van der Waals surface area (Å²) in [5, 5.41) is 3.75. The van der Waals surface area contributed by atoms with Crippen molar-refractivity contribution in [3.05, 3.63) is 12.2 Å². The summed E-state index contributed by atoms with van der Waals surface area (Å²) in [4.78, 5) is 24.7. The molecule has 0 saturated carbocycles. The first-order chi connectivity index (χ1) is 10.2. The Morgan fingerprint density at radius 2 is 1.86 bits per heavy atom. The molecule has 0 aromatic carbocycles. The average Bonchev–Trinajstić information content (AvgIpc) is 2.34. The van der Waals surface area contributed by atoms with E-state index in [1.54, 1.807) is 13.1 Å². The number of nitrogens with zero attached hydrogens (tertiary/aromatic N) is 1. The minimum atomic E-state index is -4.10. The van der Waals surface area contributed by atoms with Crippen LogP contribution in [0, 0.1) is 0 Å². The molecular formula is C12H21BN2O6S. The highest BCUT2D eigenvalue weighted by atomic mass is 32.2. The highest BCUT2D eigenvalue weighted by molar-refractivity contribution is 7.91. The lowest BCUT2D eigenvalue weighted by molar-refractivity contribution is -0.145. The van der Waals surface area contributed by atoms with Gasteiger partial charge in [-0.25, -0.2) is 13.6 Å². The van der Waals surface area contributed by atoms with E-state index in [4.69, 9.17) is 14.4 Å². The van der Waals surface area contributed by atoms with Crippen molar-refractivity contribution in [2.45, 2.75) is 31.3 Å². The summed E-state index contributed by atoms with van der Waals surface area (Å²) in [6.07, 6.45) is 5.42. The fourth-order valence-corrected chi connectivity index (χ4v) is 2.65. The van der Waals surface area contributed by atoms with Crippen molar-refractivity contribution < 1.29 is 27.3 Å². The zero-order chi connectivity index (χ0) is 16.8. The molecule has 0 radical (unpaired) electrons. The van der Waals surface area contributed by atoms with E-state index in [1.165, 1.54) is 11.0 Å². The third-order valence-electron chi connectivity index (χ3n) is 2.99. The van der Waals surface area contributed by atoms with Crippen LogP contribution in [0.2, 0.25) is 0 Å². The van der Waals surface area contributed by atoms with Gasteiger partial charge in [-0.3, -0.25) is 14.5 Å². The largest absolute Gasteiger partial charge is 0.623 e. The number of unbranched alkanes of at least 4 members (excludes halogenated alkanes) is 2. The summed E-state index contributed by atoms with van der Waals surface area (Å²) in [7, 11) is -4.12. The molecule has 2 N–H and O–H groups in total. The molecular weight excluding hydrogens is 311 g/mol. The molecule has 0 aromatic heterocycles. The Bertz CT molecular complexity index is 516. The second-order valence-electron chi connectivity index (χ2n) is 5.14. The molecule has 1 atom stereocenters. The van der Waals surface area contributed by atoms with Crippen molar-refractivity contribution >= 4 is 29.1 Å². The first-order valence-electron chi connectivity index (χ1n) is 6.99. The number of primary sulfonamides is 1. The van der Waals surface area contributed by atoms with Crippen molar-refractivity contribution in [3.8, 4) is 0 Å². The van der Waals surface area contributed by atoms with E-state index in [2.05, 4.69) is 0 Å². The SMILES string of the molecule is CCCC/C=C/C(B1OC(=O)CN(C)CC(=O)O1)S(N)(=O)=O. The van der Waals surface area contributed by atoms with E-state index in [0.717, 1.165) is 12.8 Å². The third-order valence-corrected chi connectivity index (χ3v) is 4.13. The van der Waals surface area contributed by atoms with Crippen LogP contribution in [-0.2, 0) is 28.9 Å². The van der Waals surface area contributed by atoms with Crippen LogP contribution in [0.1, 0.15) is 26.2 Å². The summed E-state index contributed by atoms with van der Waals surface area (Å²) in [5.74, 6) is -1.37. The fraction of sp³-hybridized carbons (Fsp3) is 0.667. The lowest BCUT2D eigenvalue weighted by atomic mass is 9.83. The number of allylic oxidation sites excluding steroid dienone is 1. The molecule has 0 aromatic rings. The van der Waals surface area contributed by atoms with Gasteiger partial charge in [0, 0.05) is 0 Å². The van der Waals surface area contributed by atoms with Crippen molar-refractivity contribution in [2.75, 3.05) is 20.1 Å². The molecule has 0 bridgehead atoms. The molecule has 124 valence electrons. The monoisotopic (exact) mass is 332 g/mol. The van der Waals surface area contributed by atoms with Crippen molar-refractivity contribution in [1.29, 1.82) is 0 Å². The van der Waals surface area contributed by atoms with Gasteiger partial charge in [-0.1, -0.05) is 31.9 Å². The molecule has 1 rings (SSSR count). The van der Waals surface area contributed by atoms with Gasteiger partial charge >= 0.3 is 19.1 Å². The van der Waals surface area contributed by atoms with Crippen LogP contribution in [-0.4, -0.2) is 57.7 Å². The van der Waals surface area contributed by atoms with Gasteiger partial charge in [0.15, 0.2) is 5.15 Å². The van der Waals surface area contributed by atoms with Crippen LogP contribution in [0.25, 0.3) is 0 Å². The van der Waals surface area contributed by atoms with E-state index in [1.807, 2.05) is 6.92 Å². The summed E-state index contributed by atoms with van der Waals surface area (Å²) in [5.41, 5.74) is 0. The first kappa shape index (κ1) is 18.7. The molecule has 1 unspecified atom stereocenters. The van der Waals surface area contributed by atoms with E-state index in [9.17, 15) is 18.0 Å². The minimum absolute atomic E-state index is 0.136. The van der Waals surface area contributed by atoms with Crippen LogP contribution in [0.15, 0.2) is 12.2 Å². The number of nitrogens with two attached hydrogens (primary N) is 1. The van der Waals surface area contributed by atoms with Crippen LogP contribution < -0.4 is 5.14 Å². The summed E-state index contributed by atoms with van der Waals surface area (Å²) >= 11 is 0. The number of hydrogen-bond acceptors (Lipinski definition) is 7. The normalized spacial score (nSPS) is 19.5. The minimum Gasteiger partial charge on any atom is -0.497 e. The van der Waals surface area contributed by atoms with E-state index in [-0.39, 0.29) is 13.1 Å². The molecule has 0 aliphatic carbocycles. The molecule has 1 fully saturated rings. The number of carbonyl (C=O) groups excluding carboxylic acids is 2. The Labute approximate surface area is 130 Å². The van der Waals surface area contributed by atoms with Gasteiger partial charge in [-0.2, -0.15) is 0 Å². The Balaban J connectivity index is 2.93. The third kappa shape index (κ3) is 6.16. The number of likely N-dealkylation sites (N-methyl/N-ethyl adjacent to an activating group) is 1. The van der Waals surface area contributed by atoms with E-state index in [0.29, 0.717) is 6.42 Å². The van der Waals surface area contributed by atoms with Gasteiger partial charge in [0.1, 0.15) is 0 Å². The van der Waals surface area contributed by atoms with E-state index >= 15 is 0 Å². The molecule has 1 aliphatic heterocycles. The number of carbonyl (C=O) groups is 2. The summed E-state index contributed by atoms with van der Waals surface area (Å²) in [6, 6.07) is 0. The molecule has 1 aliphatic rings. The van der Waals surface area contributed by atoms with Gasteiger partial charge in [-0.05, 0) is 13.5 Å². The van der Waals surface area contributed by atoms with Gasteiger partial charge in [0.05, 0.1) is 13.1 Å². The maximum Gasteiger partial charge on any atom is 0.623 e. The topological polar surface area (TPSA) is 116 Å². The Morgan fingerprint density at radius 3 is 2.32 bits per heavy atom.